The van der Waals surface area contributed by atoms with E-state index in [9.17, 15) is 4.79 Å². The normalized spacial score (nSPS) is 28.3. The molecule has 0 aliphatic carbocycles. The number of carbonyl (C=O) groups is 1. The maximum absolute atomic E-state index is 11.9. The van der Waals surface area contributed by atoms with Crippen molar-refractivity contribution in [2.24, 2.45) is 5.92 Å². The van der Waals surface area contributed by atoms with Crippen molar-refractivity contribution in [2.75, 3.05) is 46.8 Å². The topological polar surface area (TPSA) is 50.6 Å². The molecule has 1 amide bonds. The molecule has 2 fully saturated rings. The second-order valence-electron chi connectivity index (χ2n) is 5.98. The fourth-order valence-electron chi connectivity index (χ4n) is 3.05. The first-order valence-electron chi connectivity index (χ1n) is 7.16. The quantitative estimate of drug-likeness (QED) is 0.720. The lowest BCUT2D eigenvalue weighted by Gasteiger charge is -2.24. The Morgan fingerprint density at radius 1 is 1.42 bits per heavy atom. The SMILES string of the molecule is CN(C)CCCN1CCC(N2CC(C#N)CC2=O)C1. The molecule has 19 heavy (non-hydrogen) atoms. The lowest BCUT2D eigenvalue weighted by Crippen LogP contribution is -2.39. The third-order valence-corrected chi connectivity index (χ3v) is 4.11. The van der Waals surface area contributed by atoms with Gasteiger partial charge in [0.1, 0.15) is 0 Å². The van der Waals surface area contributed by atoms with E-state index in [2.05, 4.69) is 30.0 Å². The van der Waals surface area contributed by atoms with Gasteiger partial charge in [-0.1, -0.05) is 0 Å². The van der Waals surface area contributed by atoms with Crippen LogP contribution in [0.4, 0.5) is 0 Å². The van der Waals surface area contributed by atoms with Crippen LogP contribution in [0.5, 0.6) is 0 Å². The fraction of sp³-hybridized carbons (Fsp3) is 0.857. The zero-order valence-corrected chi connectivity index (χ0v) is 12.0. The summed E-state index contributed by atoms with van der Waals surface area (Å²) in [5.41, 5.74) is 0. The van der Waals surface area contributed by atoms with Crippen LogP contribution in [0.1, 0.15) is 19.3 Å². The zero-order chi connectivity index (χ0) is 13.8. The third-order valence-electron chi connectivity index (χ3n) is 4.11. The summed E-state index contributed by atoms with van der Waals surface area (Å²) in [5, 5.41) is 8.92. The largest absolute Gasteiger partial charge is 0.337 e. The number of rotatable bonds is 5. The van der Waals surface area contributed by atoms with E-state index in [0.29, 0.717) is 19.0 Å². The van der Waals surface area contributed by atoms with Gasteiger partial charge in [-0.2, -0.15) is 5.26 Å². The van der Waals surface area contributed by atoms with Crippen LogP contribution in [0.2, 0.25) is 0 Å². The monoisotopic (exact) mass is 264 g/mol. The summed E-state index contributed by atoms with van der Waals surface area (Å²) in [5.74, 6) is 0.0852. The van der Waals surface area contributed by atoms with Crippen molar-refractivity contribution in [2.45, 2.75) is 25.3 Å². The summed E-state index contributed by atoms with van der Waals surface area (Å²) in [6, 6.07) is 2.56. The fourth-order valence-corrected chi connectivity index (χ4v) is 3.05. The molecule has 5 nitrogen and oxygen atoms in total. The van der Waals surface area contributed by atoms with E-state index in [-0.39, 0.29) is 11.8 Å². The summed E-state index contributed by atoms with van der Waals surface area (Å²) in [6.07, 6.45) is 2.66. The average Bonchev–Trinajstić information content (AvgIpc) is 2.95. The van der Waals surface area contributed by atoms with Gasteiger partial charge in [-0.05, 0) is 40.0 Å². The molecule has 0 aromatic carbocycles. The highest BCUT2D eigenvalue weighted by Crippen LogP contribution is 2.24. The van der Waals surface area contributed by atoms with Crippen molar-refractivity contribution in [1.29, 1.82) is 5.26 Å². The van der Waals surface area contributed by atoms with Gasteiger partial charge < -0.3 is 14.7 Å². The Kier molecular flexibility index (Phi) is 4.78. The molecule has 0 spiro atoms. The molecule has 2 atom stereocenters. The van der Waals surface area contributed by atoms with E-state index in [0.717, 1.165) is 32.6 Å². The van der Waals surface area contributed by atoms with E-state index in [1.54, 1.807) is 0 Å². The van der Waals surface area contributed by atoms with Crippen LogP contribution in [0.15, 0.2) is 0 Å². The van der Waals surface area contributed by atoms with Gasteiger partial charge in [-0.25, -0.2) is 0 Å². The van der Waals surface area contributed by atoms with E-state index >= 15 is 0 Å². The second-order valence-corrected chi connectivity index (χ2v) is 5.98. The van der Waals surface area contributed by atoms with E-state index in [1.165, 1.54) is 6.42 Å². The highest BCUT2D eigenvalue weighted by molar-refractivity contribution is 5.79. The molecule has 0 aromatic rings. The minimum absolute atomic E-state index is 0.0877. The van der Waals surface area contributed by atoms with Gasteiger partial charge in [0.05, 0.1) is 12.0 Å². The van der Waals surface area contributed by atoms with Gasteiger partial charge in [-0.3, -0.25) is 4.79 Å². The second kappa shape index (κ2) is 6.36. The van der Waals surface area contributed by atoms with Crippen LogP contribution in [-0.4, -0.2) is 73.5 Å². The molecule has 2 heterocycles. The van der Waals surface area contributed by atoms with Crippen LogP contribution in [0.3, 0.4) is 0 Å². The van der Waals surface area contributed by atoms with Crippen LogP contribution >= 0.6 is 0 Å². The maximum atomic E-state index is 11.9. The predicted molar refractivity (Wildman–Crippen MR) is 73.4 cm³/mol. The van der Waals surface area contributed by atoms with Crippen LogP contribution in [-0.2, 0) is 4.79 Å². The van der Waals surface area contributed by atoms with Crippen molar-refractivity contribution in [3.63, 3.8) is 0 Å². The maximum Gasteiger partial charge on any atom is 0.224 e. The first-order valence-corrected chi connectivity index (χ1v) is 7.16. The van der Waals surface area contributed by atoms with Gasteiger partial charge in [0.25, 0.3) is 0 Å². The molecule has 2 rings (SSSR count). The van der Waals surface area contributed by atoms with Gasteiger partial charge in [-0.15, -0.1) is 0 Å². The Morgan fingerprint density at radius 2 is 2.21 bits per heavy atom. The van der Waals surface area contributed by atoms with E-state index in [1.807, 2.05) is 4.90 Å². The molecular formula is C14H24N4O. The number of hydrogen-bond donors (Lipinski definition) is 0. The lowest BCUT2D eigenvalue weighted by atomic mass is 10.1. The van der Waals surface area contributed by atoms with Gasteiger partial charge in [0, 0.05) is 32.1 Å². The number of likely N-dealkylation sites (tertiary alicyclic amines) is 2. The first-order chi connectivity index (χ1) is 9.10. The van der Waals surface area contributed by atoms with Gasteiger partial charge >= 0.3 is 0 Å². The van der Waals surface area contributed by atoms with Gasteiger partial charge in [0.2, 0.25) is 5.91 Å². The summed E-state index contributed by atoms with van der Waals surface area (Å²) in [6.45, 7) is 4.93. The molecule has 5 heteroatoms. The number of nitrogens with zero attached hydrogens (tertiary/aromatic N) is 4. The molecule has 2 unspecified atom stereocenters. The Morgan fingerprint density at radius 3 is 2.84 bits per heavy atom. The van der Waals surface area contributed by atoms with E-state index < -0.39 is 0 Å². The molecule has 0 radical (unpaired) electrons. The van der Waals surface area contributed by atoms with Crippen LogP contribution < -0.4 is 0 Å². The predicted octanol–water partition coefficient (Wildman–Crippen LogP) is 0.384. The minimum Gasteiger partial charge on any atom is -0.337 e. The molecule has 2 saturated heterocycles. The molecule has 0 bridgehead atoms. The molecule has 2 aliphatic heterocycles. The molecule has 0 aromatic heterocycles. The first kappa shape index (κ1) is 14.3. The van der Waals surface area contributed by atoms with Crippen molar-refractivity contribution in [3.8, 4) is 6.07 Å². The van der Waals surface area contributed by atoms with Crippen molar-refractivity contribution >= 4 is 5.91 Å². The Hall–Kier alpha value is -1.12. The third kappa shape index (κ3) is 3.68. The number of carbonyl (C=O) groups excluding carboxylic acids is 1. The highest BCUT2D eigenvalue weighted by Gasteiger charge is 2.37. The minimum atomic E-state index is -0.0877. The molecule has 2 aliphatic rings. The summed E-state index contributed by atoms with van der Waals surface area (Å²) in [4.78, 5) is 18.5. The zero-order valence-electron chi connectivity index (χ0n) is 12.0. The smallest absolute Gasteiger partial charge is 0.224 e. The van der Waals surface area contributed by atoms with Crippen LogP contribution in [0.25, 0.3) is 0 Å². The Labute approximate surface area is 115 Å². The lowest BCUT2D eigenvalue weighted by molar-refractivity contribution is -0.129. The average molecular weight is 264 g/mol. The number of amides is 1. The molecule has 0 saturated carbocycles. The van der Waals surface area contributed by atoms with Gasteiger partial charge in [0.15, 0.2) is 0 Å². The standard InChI is InChI=1S/C14H24N4O/c1-16(2)5-3-6-17-7-4-13(11-17)18-10-12(9-15)8-14(18)19/h12-13H,3-8,10-11H2,1-2H3. The molecule has 0 N–H and O–H groups in total. The Bertz CT molecular complexity index is 363. The van der Waals surface area contributed by atoms with Crippen molar-refractivity contribution < 1.29 is 4.79 Å². The Balaban J connectivity index is 1.76. The number of nitriles is 1. The summed E-state index contributed by atoms with van der Waals surface area (Å²) >= 11 is 0. The van der Waals surface area contributed by atoms with E-state index in [4.69, 9.17) is 5.26 Å². The van der Waals surface area contributed by atoms with Crippen LogP contribution in [0, 0.1) is 17.2 Å². The molecular weight excluding hydrogens is 240 g/mol. The van der Waals surface area contributed by atoms with Crippen molar-refractivity contribution in [1.82, 2.24) is 14.7 Å². The summed E-state index contributed by atoms with van der Waals surface area (Å²) < 4.78 is 0. The number of hydrogen-bond acceptors (Lipinski definition) is 4. The summed E-state index contributed by atoms with van der Waals surface area (Å²) in [7, 11) is 4.19. The molecule has 106 valence electrons. The van der Waals surface area contributed by atoms with Crippen molar-refractivity contribution in [3.05, 3.63) is 0 Å². The highest BCUT2D eigenvalue weighted by atomic mass is 16.2.